The summed E-state index contributed by atoms with van der Waals surface area (Å²) in [5, 5.41) is 2.98. The normalized spacial score (nSPS) is 10.2. The molecule has 0 aliphatic rings. The summed E-state index contributed by atoms with van der Waals surface area (Å²) in [4.78, 5) is 11.7. The summed E-state index contributed by atoms with van der Waals surface area (Å²) in [7, 11) is 0. The molecule has 0 aliphatic carbocycles. The molecule has 0 spiro atoms. The van der Waals surface area contributed by atoms with E-state index in [0.29, 0.717) is 22.6 Å². The largest absolute Gasteiger partial charge is 0.462 e. The van der Waals surface area contributed by atoms with E-state index in [2.05, 4.69) is 5.32 Å². The maximum Gasteiger partial charge on any atom is 0.338 e. The van der Waals surface area contributed by atoms with Gasteiger partial charge in [0.2, 0.25) is 0 Å². The lowest BCUT2D eigenvalue weighted by atomic mass is 10.1. The number of nitrogens with two attached hydrogens (primary N) is 1. The van der Waals surface area contributed by atoms with Crippen molar-refractivity contribution in [1.29, 1.82) is 0 Å². The Labute approximate surface area is 126 Å². The molecule has 3 N–H and O–H groups in total. The van der Waals surface area contributed by atoms with Crippen molar-refractivity contribution in [2.24, 2.45) is 0 Å². The molecule has 21 heavy (non-hydrogen) atoms. The Morgan fingerprint density at radius 1 is 1.33 bits per heavy atom. The van der Waals surface area contributed by atoms with E-state index in [-0.39, 0.29) is 11.6 Å². The van der Waals surface area contributed by atoms with Crippen LogP contribution in [-0.4, -0.2) is 12.6 Å². The van der Waals surface area contributed by atoms with Crippen LogP contribution in [0, 0.1) is 5.82 Å². The predicted octanol–water partition coefficient (Wildman–Crippen LogP) is 3.98. The highest BCUT2D eigenvalue weighted by atomic mass is 35.5. The van der Waals surface area contributed by atoms with Gasteiger partial charge in [-0.15, -0.1) is 0 Å². The zero-order chi connectivity index (χ0) is 15.4. The number of anilines is 3. The first-order valence-corrected chi connectivity index (χ1v) is 6.67. The highest BCUT2D eigenvalue weighted by Crippen LogP contribution is 2.27. The van der Waals surface area contributed by atoms with Gasteiger partial charge in [0.25, 0.3) is 0 Å². The number of rotatable bonds is 4. The van der Waals surface area contributed by atoms with Gasteiger partial charge in [0.05, 0.1) is 28.6 Å². The first-order valence-electron chi connectivity index (χ1n) is 6.30. The van der Waals surface area contributed by atoms with Gasteiger partial charge in [0.15, 0.2) is 0 Å². The molecule has 0 saturated heterocycles. The molecule has 0 bridgehead atoms. The summed E-state index contributed by atoms with van der Waals surface area (Å²) in [5.74, 6) is -0.982. The number of benzene rings is 2. The Morgan fingerprint density at radius 2 is 2.10 bits per heavy atom. The molecule has 0 aromatic heterocycles. The van der Waals surface area contributed by atoms with Gasteiger partial charge in [-0.2, -0.15) is 0 Å². The van der Waals surface area contributed by atoms with Crippen molar-refractivity contribution in [3.8, 4) is 0 Å². The molecular formula is C15H14ClFN2O2. The van der Waals surface area contributed by atoms with Crippen LogP contribution in [0.25, 0.3) is 0 Å². The maximum atomic E-state index is 13.4. The second-order valence-electron chi connectivity index (χ2n) is 4.28. The Hall–Kier alpha value is -2.27. The van der Waals surface area contributed by atoms with E-state index in [1.54, 1.807) is 31.2 Å². The molecule has 0 fully saturated rings. The van der Waals surface area contributed by atoms with Gasteiger partial charge >= 0.3 is 5.97 Å². The van der Waals surface area contributed by atoms with E-state index in [4.69, 9.17) is 22.1 Å². The van der Waals surface area contributed by atoms with Gasteiger partial charge in [-0.3, -0.25) is 0 Å². The molecule has 110 valence electrons. The fourth-order valence-electron chi connectivity index (χ4n) is 1.74. The fraction of sp³-hybridized carbons (Fsp3) is 0.133. The van der Waals surface area contributed by atoms with Gasteiger partial charge in [-0.05, 0) is 43.3 Å². The van der Waals surface area contributed by atoms with Crippen LogP contribution < -0.4 is 11.1 Å². The van der Waals surface area contributed by atoms with E-state index in [1.807, 2.05) is 0 Å². The standard InChI is InChI=1S/C15H14ClFN2O2/c1-2-21-15(20)9-3-6-13(18)14(7-9)19-10-4-5-11(16)12(17)8-10/h3-8,19H,2,18H2,1H3. The average molecular weight is 309 g/mol. The number of carbonyl (C=O) groups excluding carboxylic acids is 1. The molecule has 0 atom stereocenters. The van der Waals surface area contributed by atoms with Crippen molar-refractivity contribution in [2.45, 2.75) is 6.92 Å². The summed E-state index contributed by atoms with van der Waals surface area (Å²) in [5.41, 5.74) is 7.60. The van der Waals surface area contributed by atoms with Crippen molar-refractivity contribution < 1.29 is 13.9 Å². The lowest BCUT2D eigenvalue weighted by molar-refractivity contribution is 0.0526. The Balaban J connectivity index is 2.28. The number of halogens is 2. The molecule has 4 nitrogen and oxygen atoms in total. The molecule has 0 aliphatic heterocycles. The van der Waals surface area contributed by atoms with Gasteiger partial charge in [-0.1, -0.05) is 11.6 Å². The zero-order valence-corrected chi connectivity index (χ0v) is 12.1. The lowest BCUT2D eigenvalue weighted by Gasteiger charge is -2.11. The molecular weight excluding hydrogens is 295 g/mol. The number of nitrogen functional groups attached to an aromatic ring is 1. The van der Waals surface area contributed by atoms with Crippen LogP contribution in [0.5, 0.6) is 0 Å². The number of hydrogen-bond acceptors (Lipinski definition) is 4. The second-order valence-corrected chi connectivity index (χ2v) is 4.68. The minimum atomic E-state index is -0.540. The van der Waals surface area contributed by atoms with Gasteiger partial charge in [-0.25, -0.2) is 9.18 Å². The van der Waals surface area contributed by atoms with E-state index < -0.39 is 11.8 Å². The molecule has 0 saturated carbocycles. The number of ether oxygens (including phenoxy) is 1. The summed E-state index contributed by atoms with van der Waals surface area (Å²) in [6, 6.07) is 9.01. The van der Waals surface area contributed by atoms with Crippen molar-refractivity contribution in [2.75, 3.05) is 17.7 Å². The third-order valence-corrected chi connectivity index (χ3v) is 3.07. The average Bonchev–Trinajstić information content (AvgIpc) is 2.45. The van der Waals surface area contributed by atoms with Crippen LogP contribution in [0.3, 0.4) is 0 Å². The lowest BCUT2D eigenvalue weighted by Crippen LogP contribution is -2.06. The SMILES string of the molecule is CCOC(=O)c1ccc(N)c(Nc2ccc(Cl)c(F)c2)c1. The highest BCUT2D eigenvalue weighted by molar-refractivity contribution is 6.30. The van der Waals surface area contributed by atoms with Crippen LogP contribution in [0.1, 0.15) is 17.3 Å². The second kappa shape index (κ2) is 6.45. The highest BCUT2D eigenvalue weighted by Gasteiger charge is 2.10. The van der Waals surface area contributed by atoms with E-state index >= 15 is 0 Å². The van der Waals surface area contributed by atoms with E-state index in [1.165, 1.54) is 12.1 Å². The molecule has 0 heterocycles. The van der Waals surface area contributed by atoms with Crippen LogP contribution in [0.2, 0.25) is 5.02 Å². The monoisotopic (exact) mass is 308 g/mol. The van der Waals surface area contributed by atoms with Crippen molar-refractivity contribution in [3.63, 3.8) is 0 Å². The van der Waals surface area contributed by atoms with E-state index in [0.717, 1.165) is 0 Å². The Bertz CT molecular complexity index is 677. The quantitative estimate of drug-likeness (QED) is 0.662. The van der Waals surface area contributed by atoms with E-state index in [9.17, 15) is 9.18 Å². The smallest absolute Gasteiger partial charge is 0.338 e. The van der Waals surface area contributed by atoms with Gasteiger partial charge in [0.1, 0.15) is 5.82 Å². The predicted molar refractivity (Wildman–Crippen MR) is 81.5 cm³/mol. The van der Waals surface area contributed by atoms with Crippen LogP contribution in [-0.2, 0) is 4.74 Å². The molecule has 2 aromatic carbocycles. The summed E-state index contributed by atoms with van der Waals surface area (Å²) in [6.07, 6.45) is 0. The number of carbonyl (C=O) groups is 1. The molecule has 0 radical (unpaired) electrons. The minimum Gasteiger partial charge on any atom is -0.462 e. The molecule has 0 unspecified atom stereocenters. The minimum absolute atomic E-state index is 0.0359. The van der Waals surface area contributed by atoms with Crippen molar-refractivity contribution >= 4 is 34.6 Å². The third-order valence-electron chi connectivity index (χ3n) is 2.76. The van der Waals surface area contributed by atoms with Gasteiger partial charge in [0, 0.05) is 5.69 Å². The molecule has 2 rings (SSSR count). The third kappa shape index (κ3) is 3.64. The molecule has 6 heteroatoms. The number of esters is 1. The zero-order valence-electron chi connectivity index (χ0n) is 11.3. The first-order chi connectivity index (χ1) is 10.0. The van der Waals surface area contributed by atoms with Crippen molar-refractivity contribution in [3.05, 3.63) is 52.8 Å². The number of nitrogens with one attached hydrogen (secondary N) is 1. The Morgan fingerprint density at radius 3 is 2.76 bits per heavy atom. The van der Waals surface area contributed by atoms with Crippen LogP contribution >= 0.6 is 11.6 Å². The summed E-state index contributed by atoms with van der Waals surface area (Å²) in [6.45, 7) is 2.01. The van der Waals surface area contributed by atoms with Crippen LogP contribution in [0.15, 0.2) is 36.4 Å². The molecule has 0 amide bonds. The first kappa shape index (κ1) is 15.1. The topological polar surface area (TPSA) is 64.3 Å². The summed E-state index contributed by atoms with van der Waals surface area (Å²) >= 11 is 5.63. The van der Waals surface area contributed by atoms with Crippen LogP contribution in [0.4, 0.5) is 21.5 Å². The maximum absolute atomic E-state index is 13.4. The van der Waals surface area contributed by atoms with Crippen molar-refractivity contribution in [1.82, 2.24) is 0 Å². The summed E-state index contributed by atoms with van der Waals surface area (Å²) < 4.78 is 18.3. The van der Waals surface area contributed by atoms with Gasteiger partial charge < -0.3 is 15.8 Å². The Kier molecular flexibility index (Phi) is 4.65. The fourth-order valence-corrected chi connectivity index (χ4v) is 1.85. The molecule has 2 aromatic rings. The number of hydrogen-bond donors (Lipinski definition) is 2.